The zero-order valence-corrected chi connectivity index (χ0v) is 5.63. The highest BCUT2D eigenvalue weighted by molar-refractivity contribution is 5.00. The summed E-state index contributed by atoms with van der Waals surface area (Å²) in [6.07, 6.45) is 0. The zero-order chi connectivity index (χ0) is 6.69. The second-order valence-electron chi connectivity index (χ2n) is 2.17. The predicted octanol–water partition coefficient (Wildman–Crippen LogP) is 1.04. The van der Waals surface area contributed by atoms with Crippen LogP contribution in [0, 0.1) is 12.0 Å². The van der Waals surface area contributed by atoms with Crippen LogP contribution in [0.15, 0.2) is 10.3 Å². The van der Waals surface area contributed by atoms with E-state index in [1.807, 2.05) is 5.01 Å². The van der Waals surface area contributed by atoms with E-state index in [0.717, 1.165) is 0 Å². The minimum absolute atomic E-state index is 0.406. The third-order valence-corrected chi connectivity index (χ3v) is 1.13. The van der Waals surface area contributed by atoms with Crippen molar-refractivity contribution in [1.29, 1.82) is 0 Å². The maximum absolute atomic E-state index is 3.81. The highest BCUT2D eigenvalue weighted by atomic mass is 15.5. The Hall–Kier alpha value is -1.04. The smallest absolute Gasteiger partial charge is 0.101 e. The molecule has 0 radical (unpaired) electrons. The van der Waals surface area contributed by atoms with Crippen molar-refractivity contribution in [1.82, 2.24) is 5.01 Å². The van der Waals surface area contributed by atoms with Gasteiger partial charge in [-0.05, 0) is 13.8 Å². The monoisotopic (exact) mass is 123 g/mol. The number of hydrogen-bond donors (Lipinski definition) is 0. The first-order valence-corrected chi connectivity index (χ1v) is 2.96. The molecular formula is C6H9N3. The van der Waals surface area contributed by atoms with Gasteiger partial charge in [-0.3, -0.25) is 5.01 Å². The van der Waals surface area contributed by atoms with E-state index in [1.165, 1.54) is 0 Å². The molecule has 3 heteroatoms. The van der Waals surface area contributed by atoms with Crippen LogP contribution < -0.4 is 0 Å². The van der Waals surface area contributed by atoms with E-state index < -0.39 is 0 Å². The highest BCUT2D eigenvalue weighted by Gasteiger charge is 2.04. The fourth-order valence-electron chi connectivity index (χ4n) is 0.549. The van der Waals surface area contributed by atoms with Crippen molar-refractivity contribution >= 4 is 0 Å². The predicted molar refractivity (Wildman–Crippen MR) is 34.5 cm³/mol. The molecule has 0 aromatic carbocycles. The summed E-state index contributed by atoms with van der Waals surface area (Å²) in [5, 5.41) is 9.23. The largest absolute Gasteiger partial charge is 0.263 e. The van der Waals surface area contributed by atoms with Gasteiger partial charge in [0.1, 0.15) is 6.54 Å². The Bertz CT molecular complexity index is 172. The summed E-state index contributed by atoms with van der Waals surface area (Å²) in [4.78, 5) is 0. The molecule has 0 atom stereocenters. The summed E-state index contributed by atoms with van der Waals surface area (Å²) < 4.78 is 0. The molecule has 1 aliphatic heterocycles. The van der Waals surface area contributed by atoms with Crippen LogP contribution in [0.1, 0.15) is 13.8 Å². The molecule has 0 aromatic rings. The molecule has 0 aromatic heterocycles. The molecule has 1 aliphatic rings. The Labute approximate surface area is 54.7 Å². The average Bonchev–Trinajstić information content (AvgIpc) is 1.90. The van der Waals surface area contributed by atoms with Crippen LogP contribution in [0.2, 0.25) is 0 Å². The SMILES string of the molecule is CC(C)N1CC#CN=N1. The number of hydrogen-bond acceptors (Lipinski definition) is 3. The van der Waals surface area contributed by atoms with Crippen molar-refractivity contribution in [2.75, 3.05) is 6.54 Å². The third-order valence-electron chi connectivity index (χ3n) is 1.13. The molecule has 0 bridgehead atoms. The van der Waals surface area contributed by atoms with Crippen LogP contribution >= 0.6 is 0 Å². The van der Waals surface area contributed by atoms with E-state index in [2.05, 4.69) is 36.1 Å². The first-order chi connectivity index (χ1) is 4.30. The van der Waals surface area contributed by atoms with Gasteiger partial charge < -0.3 is 0 Å². The van der Waals surface area contributed by atoms with Gasteiger partial charge in [-0.25, -0.2) is 0 Å². The van der Waals surface area contributed by atoms with Crippen LogP contribution in [0.5, 0.6) is 0 Å². The molecule has 0 amide bonds. The van der Waals surface area contributed by atoms with Gasteiger partial charge in [0, 0.05) is 6.04 Å². The van der Waals surface area contributed by atoms with Crippen LogP contribution in [-0.4, -0.2) is 17.6 Å². The Morgan fingerprint density at radius 2 is 2.33 bits per heavy atom. The Balaban J connectivity index is 2.51. The van der Waals surface area contributed by atoms with Crippen LogP contribution in [0.3, 0.4) is 0 Å². The van der Waals surface area contributed by atoms with Gasteiger partial charge in [0.15, 0.2) is 0 Å². The minimum atomic E-state index is 0.406. The van der Waals surface area contributed by atoms with Crippen molar-refractivity contribution in [2.24, 2.45) is 10.3 Å². The zero-order valence-electron chi connectivity index (χ0n) is 5.63. The summed E-state index contributed by atoms with van der Waals surface area (Å²) in [5.74, 6) is 2.83. The third kappa shape index (κ3) is 1.43. The summed E-state index contributed by atoms with van der Waals surface area (Å²) in [6.45, 7) is 4.83. The number of nitrogens with zero attached hydrogens (tertiary/aromatic N) is 3. The van der Waals surface area contributed by atoms with E-state index in [9.17, 15) is 0 Å². The normalized spacial score (nSPS) is 15.7. The van der Waals surface area contributed by atoms with Crippen molar-refractivity contribution in [3.8, 4) is 12.0 Å². The van der Waals surface area contributed by atoms with Gasteiger partial charge in [-0.1, -0.05) is 16.3 Å². The topological polar surface area (TPSA) is 28.0 Å². The van der Waals surface area contributed by atoms with Crippen LogP contribution in [0.4, 0.5) is 0 Å². The van der Waals surface area contributed by atoms with E-state index in [-0.39, 0.29) is 0 Å². The summed E-state index contributed by atoms with van der Waals surface area (Å²) in [5.41, 5.74) is 0. The van der Waals surface area contributed by atoms with Crippen molar-refractivity contribution < 1.29 is 0 Å². The van der Waals surface area contributed by atoms with E-state index >= 15 is 0 Å². The second kappa shape index (κ2) is 2.49. The van der Waals surface area contributed by atoms with Crippen LogP contribution in [0.25, 0.3) is 0 Å². The van der Waals surface area contributed by atoms with Crippen molar-refractivity contribution in [3.05, 3.63) is 0 Å². The molecular weight excluding hydrogens is 114 g/mol. The molecule has 9 heavy (non-hydrogen) atoms. The van der Waals surface area contributed by atoms with Crippen molar-refractivity contribution in [3.63, 3.8) is 0 Å². The van der Waals surface area contributed by atoms with Crippen molar-refractivity contribution in [2.45, 2.75) is 19.9 Å². The first-order valence-electron chi connectivity index (χ1n) is 2.96. The fourth-order valence-corrected chi connectivity index (χ4v) is 0.549. The molecule has 1 heterocycles. The summed E-state index contributed by atoms with van der Waals surface area (Å²) in [6, 6.07) is 2.94. The van der Waals surface area contributed by atoms with Gasteiger partial charge >= 0.3 is 0 Å². The average molecular weight is 123 g/mol. The quantitative estimate of drug-likeness (QED) is 0.479. The van der Waals surface area contributed by atoms with E-state index in [4.69, 9.17) is 0 Å². The first kappa shape index (κ1) is 6.09. The number of rotatable bonds is 1. The molecule has 0 spiro atoms. The molecule has 0 unspecified atom stereocenters. The molecule has 0 aliphatic carbocycles. The second-order valence-corrected chi connectivity index (χ2v) is 2.17. The van der Waals surface area contributed by atoms with Gasteiger partial charge in [-0.15, -0.1) is 0 Å². The molecule has 3 nitrogen and oxygen atoms in total. The molecule has 0 saturated heterocycles. The standard InChI is InChI=1S/C6H9N3/c1-6(2)9-5-3-4-7-8-9/h6H,5H2,1-2H3. The Morgan fingerprint density at radius 3 is 2.67 bits per heavy atom. The molecule has 0 saturated carbocycles. The maximum atomic E-state index is 3.81. The Kier molecular flexibility index (Phi) is 1.69. The lowest BCUT2D eigenvalue weighted by Crippen LogP contribution is -2.26. The molecule has 1 rings (SSSR count). The minimum Gasteiger partial charge on any atom is -0.263 e. The molecule has 0 fully saturated rings. The van der Waals surface area contributed by atoms with Gasteiger partial charge in [0.05, 0.1) is 6.04 Å². The fraction of sp³-hybridized carbons (Fsp3) is 0.667. The van der Waals surface area contributed by atoms with E-state index in [0.29, 0.717) is 12.6 Å². The Morgan fingerprint density at radius 1 is 1.56 bits per heavy atom. The summed E-state index contributed by atoms with van der Waals surface area (Å²) >= 11 is 0. The van der Waals surface area contributed by atoms with Gasteiger partial charge in [-0.2, -0.15) is 0 Å². The lowest BCUT2D eigenvalue weighted by molar-refractivity contribution is 0.242. The van der Waals surface area contributed by atoms with Gasteiger partial charge in [0.25, 0.3) is 0 Å². The highest BCUT2D eigenvalue weighted by Crippen LogP contribution is 1.99. The lowest BCUT2D eigenvalue weighted by Gasteiger charge is -2.18. The summed E-state index contributed by atoms with van der Waals surface area (Å²) in [7, 11) is 0. The molecule has 0 N–H and O–H groups in total. The van der Waals surface area contributed by atoms with Gasteiger partial charge in [0.2, 0.25) is 0 Å². The lowest BCUT2D eigenvalue weighted by atomic mass is 10.4. The van der Waals surface area contributed by atoms with Crippen LogP contribution in [-0.2, 0) is 0 Å². The van der Waals surface area contributed by atoms with E-state index in [1.54, 1.807) is 0 Å². The maximum Gasteiger partial charge on any atom is 0.101 e. The molecule has 48 valence electrons.